The number of anilines is 2. The van der Waals surface area contributed by atoms with Crippen molar-refractivity contribution in [3.63, 3.8) is 0 Å². The number of furan rings is 1. The van der Waals surface area contributed by atoms with Gasteiger partial charge in [-0.05, 0) is 42.5 Å². The molecule has 0 fully saturated rings. The van der Waals surface area contributed by atoms with Crippen LogP contribution in [0.15, 0.2) is 77.2 Å². The van der Waals surface area contributed by atoms with Crippen LogP contribution in [0.25, 0.3) is 11.0 Å². The molecule has 3 aromatic carbocycles. The van der Waals surface area contributed by atoms with Crippen LogP contribution in [0.5, 0.6) is 0 Å². The van der Waals surface area contributed by atoms with Crippen LogP contribution in [-0.2, 0) is 0 Å². The van der Waals surface area contributed by atoms with Gasteiger partial charge in [0, 0.05) is 28.9 Å². The van der Waals surface area contributed by atoms with Crippen LogP contribution >= 0.6 is 11.6 Å². The van der Waals surface area contributed by atoms with Crippen molar-refractivity contribution in [1.82, 2.24) is 0 Å². The van der Waals surface area contributed by atoms with Gasteiger partial charge >= 0.3 is 0 Å². The minimum Gasteiger partial charge on any atom is -0.451 e. The maximum Gasteiger partial charge on any atom is 0.291 e. The molecule has 8 nitrogen and oxygen atoms in total. The van der Waals surface area contributed by atoms with Crippen molar-refractivity contribution >= 4 is 51.4 Å². The fraction of sp³-hybridized carbons (Fsp3) is 0. The summed E-state index contributed by atoms with van der Waals surface area (Å²) in [5, 5.41) is 17.2. The molecule has 0 atom stereocenters. The van der Waals surface area contributed by atoms with Gasteiger partial charge in [-0.3, -0.25) is 19.7 Å². The number of benzene rings is 3. The lowest BCUT2D eigenvalue weighted by atomic mass is 10.1. The number of fused-ring (bicyclic) bond motifs is 1. The first kappa shape index (κ1) is 20.1. The number of hydrogen-bond donors (Lipinski definition) is 2. The third-order valence-corrected chi connectivity index (χ3v) is 4.78. The lowest BCUT2D eigenvalue weighted by Gasteiger charge is -2.08. The van der Waals surface area contributed by atoms with Crippen LogP contribution in [0.3, 0.4) is 0 Å². The number of nitro groups is 1. The summed E-state index contributed by atoms with van der Waals surface area (Å²) in [5.74, 6) is -0.817. The minimum absolute atomic E-state index is 0.0156. The van der Waals surface area contributed by atoms with E-state index in [1.54, 1.807) is 36.4 Å². The highest BCUT2D eigenvalue weighted by molar-refractivity contribution is 6.34. The number of nitro benzene ring substituents is 1. The summed E-state index contributed by atoms with van der Waals surface area (Å²) in [6.07, 6.45) is 0. The number of carbonyl (C=O) groups is 2. The Bertz CT molecular complexity index is 1280. The van der Waals surface area contributed by atoms with Gasteiger partial charge in [-0.15, -0.1) is 0 Å². The zero-order valence-electron chi connectivity index (χ0n) is 15.8. The molecular formula is C22H14ClN3O5. The van der Waals surface area contributed by atoms with Crippen LogP contribution in [0.1, 0.15) is 20.9 Å². The summed E-state index contributed by atoms with van der Waals surface area (Å²) in [6, 6.07) is 18.9. The molecular weight excluding hydrogens is 422 g/mol. The third-order valence-electron chi connectivity index (χ3n) is 4.46. The van der Waals surface area contributed by atoms with Crippen molar-refractivity contribution < 1.29 is 18.9 Å². The summed E-state index contributed by atoms with van der Waals surface area (Å²) in [7, 11) is 0. The van der Waals surface area contributed by atoms with Crippen molar-refractivity contribution in [2.24, 2.45) is 0 Å². The number of para-hydroxylation sites is 1. The Labute approximate surface area is 180 Å². The van der Waals surface area contributed by atoms with Crippen LogP contribution in [0, 0.1) is 10.1 Å². The number of carbonyl (C=O) groups excluding carboxylic acids is 2. The predicted molar refractivity (Wildman–Crippen MR) is 117 cm³/mol. The van der Waals surface area contributed by atoms with Gasteiger partial charge in [0.15, 0.2) is 5.76 Å². The zero-order valence-corrected chi connectivity index (χ0v) is 16.6. The average molecular weight is 436 g/mol. The Morgan fingerprint density at radius 1 is 0.871 bits per heavy atom. The van der Waals surface area contributed by atoms with E-state index >= 15 is 0 Å². The first-order chi connectivity index (χ1) is 14.9. The molecule has 0 aliphatic heterocycles. The van der Waals surface area contributed by atoms with Gasteiger partial charge in [0.05, 0.1) is 15.5 Å². The first-order valence-electron chi connectivity index (χ1n) is 9.06. The summed E-state index contributed by atoms with van der Waals surface area (Å²) in [4.78, 5) is 35.2. The average Bonchev–Trinajstić information content (AvgIpc) is 3.20. The number of non-ortho nitro benzene ring substituents is 1. The summed E-state index contributed by atoms with van der Waals surface area (Å²) >= 11 is 5.99. The molecule has 31 heavy (non-hydrogen) atoms. The van der Waals surface area contributed by atoms with E-state index in [9.17, 15) is 19.7 Å². The van der Waals surface area contributed by atoms with Crippen molar-refractivity contribution in [3.05, 3.63) is 99.3 Å². The molecule has 0 unspecified atom stereocenters. The van der Waals surface area contributed by atoms with Crippen LogP contribution in [-0.4, -0.2) is 16.7 Å². The maximum absolute atomic E-state index is 12.4. The molecule has 2 N–H and O–H groups in total. The fourth-order valence-electron chi connectivity index (χ4n) is 2.92. The van der Waals surface area contributed by atoms with Crippen molar-refractivity contribution in [2.45, 2.75) is 0 Å². The molecule has 154 valence electrons. The number of halogens is 1. The maximum atomic E-state index is 12.4. The second kappa shape index (κ2) is 8.29. The van der Waals surface area contributed by atoms with Gasteiger partial charge in [0.2, 0.25) is 0 Å². The van der Waals surface area contributed by atoms with E-state index in [0.717, 1.165) is 11.5 Å². The van der Waals surface area contributed by atoms with E-state index < -0.39 is 16.7 Å². The minimum atomic E-state index is -0.605. The van der Waals surface area contributed by atoms with Crippen LogP contribution < -0.4 is 10.6 Å². The first-order valence-corrected chi connectivity index (χ1v) is 9.44. The molecule has 1 heterocycles. The molecule has 4 aromatic rings. The summed E-state index contributed by atoms with van der Waals surface area (Å²) < 4.78 is 5.54. The van der Waals surface area contributed by atoms with Crippen LogP contribution in [0.2, 0.25) is 5.02 Å². The Morgan fingerprint density at radius 2 is 1.52 bits per heavy atom. The van der Waals surface area contributed by atoms with Gasteiger partial charge in [0.1, 0.15) is 5.58 Å². The van der Waals surface area contributed by atoms with E-state index in [2.05, 4.69) is 10.6 Å². The van der Waals surface area contributed by atoms with Crippen LogP contribution in [0.4, 0.5) is 17.1 Å². The molecule has 1 aromatic heterocycles. The van der Waals surface area contributed by atoms with E-state index in [1.165, 1.54) is 12.1 Å². The number of amides is 2. The third kappa shape index (κ3) is 4.39. The highest BCUT2D eigenvalue weighted by atomic mass is 35.5. The molecule has 0 aliphatic carbocycles. The van der Waals surface area contributed by atoms with E-state index in [1.807, 2.05) is 18.2 Å². The van der Waals surface area contributed by atoms with Crippen molar-refractivity contribution in [3.8, 4) is 0 Å². The topological polar surface area (TPSA) is 114 Å². The van der Waals surface area contributed by atoms with Crippen molar-refractivity contribution in [1.29, 1.82) is 0 Å². The molecule has 0 bridgehead atoms. The molecule has 0 aliphatic rings. The fourth-order valence-corrected chi connectivity index (χ4v) is 3.13. The second-order valence-electron chi connectivity index (χ2n) is 6.56. The normalized spacial score (nSPS) is 10.6. The van der Waals surface area contributed by atoms with E-state index in [-0.39, 0.29) is 22.0 Å². The number of rotatable bonds is 5. The molecule has 0 spiro atoms. The highest BCUT2D eigenvalue weighted by Crippen LogP contribution is 2.24. The molecule has 9 heteroatoms. The monoisotopic (exact) mass is 435 g/mol. The lowest BCUT2D eigenvalue weighted by molar-refractivity contribution is -0.384. The summed E-state index contributed by atoms with van der Waals surface area (Å²) in [6.45, 7) is 0. The lowest BCUT2D eigenvalue weighted by Crippen LogP contribution is -2.13. The van der Waals surface area contributed by atoms with Gasteiger partial charge in [-0.2, -0.15) is 0 Å². The predicted octanol–water partition coefficient (Wildman–Crippen LogP) is 5.50. The van der Waals surface area contributed by atoms with Gasteiger partial charge in [0.25, 0.3) is 17.5 Å². The molecule has 0 radical (unpaired) electrons. The Balaban J connectivity index is 1.44. The van der Waals surface area contributed by atoms with E-state index in [0.29, 0.717) is 17.0 Å². The second-order valence-corrected chi connectivity index (χ2v) is 6.96. The summed E-state index contributed by atoms with van der Waals surface area (Å²) in [5.41, 5.74) is 1.29. The quantitative estimate of drug-likeness (QED) is 0.317. The standard InChI is InChI=1S/C22H14ClN3O5/c23-18-10-9-16(26(29)30)12-17(18)21(27)24-14-5-7-15(8-6-14)25-22(28)20-11-13-3-1-2-4-19(13)31-20/h1-12H,(H,24,27)(H,25,28). The zero-order chi connectivity index (χ0) is 22.0. The number of hydrogen-bond acceptors (Lipinski definition) is 5. The largest absolute Gasteiger partial charge is 0.451 e. The smallest absolute Gasteiger partial charge is 0.291 e. The molecule has 4 rings (SSSR count). The Kier molecular flexibility index (Phi) is 5.38. The SMILES string of the molecule is O=C(Nc1ccc(NC(=O)c2cc([N+](=O)[O-])ccc2Cl)cc1)c1cc2ccccc2o1. The molecule has 0 saturated carbocycles. The van der Waals surface area contributed by atoms with Gasteiger partial charge in [-0.25, -0.2) is 0 Å². The van der Waals surface area contributed by atoms with E-state index in [4.69, 9.17) is 16.0 Å². The molecule has 2 amide bonds. The van der Waals surface area contributed by atoms with Gasteiger partial charge in [-0.1, -0.05) is 29.8 Å². The molecule has 0 saturated heterocycles. The van der Waals surface area contributed by atoms with Crippen molar-refractivity contribution in [2.75, 3.05) is 10.6 Å². The Morgan fingerprint density at radius 3 is 2.16 bits per heavy atom. The Hall–Kier alpha value is -4.17. The number of nitrogens with zero attached hydrogens (tertiary/aromatic N) is 1. The van der Waals surface area contributed by atoms with Gasteiger partial charge < -0.3 is 15.1 Å². The highest BCUT2D eigenvalue weighted by Gasteiger charge is 2.16. The number of nitrogens with one attached hydrogen (secondary N) is 2.